The lowest BCUT2D eigenvalue weighted by Gasteiger charge is -2.36. The Bertz CT molecular complexity index is 325. The molecular weight excluding hydrogens is 256 g/mol. The van der Waals surface area contributed by atoms with Crippen molar-refractivity contribution in [2.24, 2.45) is 5.92 Å². The first-order valence-corrected chi connectivity index (χ1v) is 6.80. The van der Waals surface area contributed by atoms with E-state index in [-0.39, 0.29) is 18.8 Å². The molecule has 0 spiro atoms. The average Bonchev–Trinajstić information content (AvgIpc) is 2.37. The third-order valence-corrected chi connectivity index (χ3v) is 3.87. The lowest BCUT2D eigenvalue weighted by atomic mass is 9.86. The Morgan fingerprint density at radius 1 is 1.53 bits per heavy atom. The second-order valence-electron chi connectivity index (χ2n) is 5.46. The van der Waals surface area contributed by atoms with Crippen LogP contribution in [0.5, 0.6) is 0 Å². The molecule has 0 amide bonds. The largest absolute Gasteiger partial charge is 0.467 e. The van der Waals surface area contributed by atoms with Crippen molar-refractivity contribution in [2.75, 3.05) is 33.4 Å². The van der Waals surface area contributed by atoms with Crippen LogP contribution in [0, 0.1) is 5.92 Å². The van der Waals surface area contributed by atoms with Crippen molar-refractivity contribution in [2.45, 2.75) is 37.7 Å². The van der Waals surface area contributed by atoms with E-state index in [9.17, 15) is 13.6 Å². The Morgan fingerprint density at radius 2 is 2.32 bits per heavy atom. The van der Waals surface area contributed by atoms with Gasteiger partial charge >= 0.3 is 5.97 Å². The molecule has 1 saturated heterocycles. The SMILES string of the molecule is COC(=O)C1CN(CC2CCCC(F)(F)C2)CCO1. The quantitative estimate of drug-likeness (QED) is 0.736. The molecular formula is C13H21F2NO3. The number of methoxy groups -OCH3 is 1. The van der Waals surface area contributed by atoms with Crippen molar-refractivity contribution in [3.8, 4) is 0 Å². The van der Waals surface area contributed by atoms with Gasteiger partial charge in [-0.3, -0.25) is 4.90 Å². The maximum Gasteiger partial charge on any atom is 0.336 e. The van der Waals surface area contributed by atoms with Gasteiger partial charge in [0, 0.05) is 32.5 Å². The standard InChI is InChI=1S/C13H21F2NO3/c1-18-12(17)11-9-16(5-6-19-11)8-10-3-2-4-13(14,15)7-10/h10-11H,2-9H2,1H3. The minimum Gasteiger partial charge on any atom is -0.467 e. The summed E-state index contributed by atoms with van der Waals surface area (Å²) in [4.78, 5) is 13.5. The molecule has 0 bridgehead atoms. The summed E-state index contributed by atoms with van der Waals surface area (Å²) >= 11 is 0. The molecule has 110 valence electrons. The number of alkyl halides is 2. The van der Waals surface area contributed by atoms with Crippen LogP contribution in [0.2, 0.25) is 0 Å². The van der Waals surface area contributed by atoms with Crippen LogP contribution in [-0.4, -0.2) is 56.2 Å². The molecule has 2 unspecified atom stereocenters. The number of hydrogen-bond donors (Lipinski definition) is 0. The Kier molecular flexibility index (Phi) is 4.73. The summed E-state index contributed by atoms with van der Waals surface area (Å²) in [6.07, 6.45) is 0.825. The number of rotatable bonds is 3. The first-order chi connectivity index (χ1) is 9.00. The van der Waals surface area contributed by atoms with Gasteiger partial charge in [0.25, 0.3) is 0 Å². The summed E-state index contributed by atoms with van der Waals surface area (Å²) < 4.78 is 36.7. The van der Waals surface area contributed by atoms with Gasteiger partial charge in [-0.1, -0.05) is 0 Å². The molecule has 0 aromatic heterocycles. The number of morpholine rings is 1. The van der Waals surface area contributed by atoms with Crippen LogP contribution in [-0.2, 0) is 14.3 Å². The molecule has 1 heterocycles. The van der Waals surface area contributed by atoms with Gasteiger partial charge in [0.05, 0.1) is 13.7 Å². The fourth-order valence-corrected chi connectivity index (χ4v) is 2.94. The van der Waals surface area contributed by atoms with Crippen LogP contribution in [0.25, 0.3) is 0 Å². The molecule has 0 radical (unpaired) electrons. The highest BCUT2D eigenvalue weighted by Crippen LogP contribution is 2.37. The molecule has 4 nitrogen and oxygen atoms in total. The Labute approximate surface area is 112 Å². The Morgan fingerprint density at radius 3 is 3.00 bits per heavy atom. The zero-order chi connectivity index (χ0) is 13.9. The van der Waals surface area contributed by atoms with Gasteiger partial charge in [-0.25, -0.2) is 13.6 Å². The molecule has 2 rings (SSSR count). The molecule has 0 aromatic carbocycles. The number of carbonyl (C=O) groups excluding carboxylic acids is 1. The Balaban J connectivity index is 1.83. The predicted octanol–water partition coefficient (Wildman–Crippen LogP) is 1.69. The van der Waals surface area contributed by atoms with Gasteiger partial charge in [0.1, 0.15) is 0 Å². The van der Waals surface area contributed by atoms with Crippen LogP contribution in [0.1, 0.15) is 25.7 Å². The van der Waals surface area contributed by atoms with E-state index < -0.39 is 18.0 Å². The van der Waals surface area contributed by atoms with E-state index in [1.807, 2.05) is 4.90 Å². The van der Waals surface area contributed by atoms with E-state index in [4.69, 9.17) is 4.74 Å². The monoisotopic (exact) mass is 277 g/mol. The van der Waals surface area contributed by atoms with Gasteiger partial charge < -0.3 is 9.47 Å². The highest BCUT2D eigenvalue weighted by atomic mass is 19.3. The summed E-state index contributed by atoms with van der Waals surface area (Å²) in [5, 5.41) is 0. The van der Waals surface area contributed by atoms with Crippen molar-refractivity contribution >= 4 is 5.97 Å². The smallest absolute Gasteiger partial charge is 0.336 e. The maximum atomic E-state index is 13.4. The number of esters is 1. The van der Waals surface area contributed by atoms with E-state index >= 15 is 0 Å². The first-order valence-electron chi connectivity index (χ1n) is 6.80. The number of halogens is 2. The number of carbonyl (C=O) groups is 1. The van der Waals surface area contributed by atoms with Gasteiger partial charge in [-0.05, 0) is 18.8 Å². The van der Waals surface area contributed by atoms with Crippen molar-refractivity contribution < 1.29 is 23.0 Å². The maximum absolute atomic E-state index is 13.4. The van der Waals surface area contributed by atoms with Crippen molar-refractivity contribution in [1.82, 2.24) is 4.90 Å². The topological polar surface area (TPSA) is 38.8 Å². The van der Waals surface area contributed by atoms with Crippen LogP contribution >= 0.6 is 0 Å². The third-order valence-electron chi connectivity index (χ3n) is 3.87. The minimum absolute atomic E-state index is 0.0113. The van der Waals surface area contributed by atoms with Crippen molar-refractivity contribution in [3.05, 3.63) is 0 Å². The van der Waals surface area contributed by atoms with E-state index in [0.29, 0.717) is 32.7 Å². The van der Waals surface area contributed by atoms with Crippen LogP contribution < -0.4 is 0 Å². The molecule has 2 aliphatic rings. The molecule has 2 atom stereocenters. The van der Waals surface area contributed by atoms with E-state index in [1.165, 1.54) is 7.11 Å². The van der Waals surface area contributed by atoms with Crippen molar-refractivity contribution in [1.29, 1.82) is 0 Å². The predicted molar refractivity (Wildman–Crippen MR) is 65.1 cm³/mol. The molecule has 1 saturated carbocycles. The second kappa shape index (κ2) is 6.13. The fourth-order valence-electron chi connectivity index (χ4n) is 2.94. The molecule has 19 heavy (non-hydrogen) atoms. The van der Waals surface area contributed by atoms with E-state index in [1.54, 1.807) is 0 Å². The number of nitrogens with zero attached hydrogens (tertiary/aromatic N) is 1. The minimum atomic E-state index is -2.52. The zero-order valence-corrected chi connectivity index (χ0v) is 11.2. The van der Waals surface area contributed by atoms with Crippen molar-refractivity contribution in [3.63, 3.8) is 0 Å². The lowest BCUT2D eigenvalue weighted by Crippen LogP contribution is -2.48. The molecule has 2 fully saturated rings. The molecule has 0 aromatic rings. The summed E-state index contributed by atoms with van der Waals surface area (Å²) in [5.41, 5.74) is 0. The lowest BCUT2D eigenvalue weighted by molar-refractivity contribution is -0.160. The normalized spacial score (nSPS) is 31.9. The number of ether oxygens (including phenoxy) is 2. The molecule has 1 aliphatic heterocycles. The first kappa shape index (κ1) is 14.7. The Hall–Kier alpha value is -0.750. The fraction of sp³-hybridized carbons (Fsp3) is 0.923. The summed E-state index contributed by atoms with van der Waals surface area (Å²) in [7, 11) is 1.33. The highest BCUT2D eigenvalue weighted by molar-refractivity contribution is 5.74. The number of hydrogen-bond acceptors (Lipinski definition) is 4. The summed E-state index contributed by atoms with van der Waals surface area (Å²) in [6.45, 7) is 2.19. The molecule has 1 aliphatic carbocycles. The van der Waals surface area contributed by atoms with E-state index in [2.05, 4.69) is 4.74 Å². The van der Waals surface area contributed by atoms with Gasteiger partial charge in [-0.15, -0.1) is 0 Å². The van der Waals surface area contributed by atoms with Crippen LogP contribution in [0.4, 0.5) is 8.78 Å². The van der Waals surface area contributed by atoms with Gasteiger partial charge in [0.2, 0.25) is 5.92 Å². The van der Waals surface area contributed by atoms with E-state index in [0.717, 1.165) is 6.42 Å². The highest BCUT2D eigenvalue weighted by Gasteiger charge is 2.37. The summed E-state index contributed by atoms with van der Waals surface area (Å²) in [5.74, 6) is -2.89. The molecule has 6 heteroatoms. The zero-order valence-electron chi connectivity index (χ0n) is 11.2. The van der Waals surface area contributed by atoms with Gasteiger partial charge in [0.15, 0.2) is 6.10 Å². The van der Waals surface area contributed by atoms with Crippen LogP contribution in [0.3, 0.4) is 0 Å². The third kappa shape index (κ3) is 4.11. The average molecular weight is 277 g/mol. The molecule has 0 N–H and O–H groups in total. The van der Waals surface area contributed by atoms with Crippen LogP contribution in [0.15, 0.2) is 0 Å². The van der Waals surface area contributed by atoms with Gasteiger partial charge in [-0.2, -0.15) is 0 Å². The summed E-state index contributed by atoms with van der Waals surface area (Å²) in [6, 6.07) is 0. The second-order valence-corrected chi connectivity index (χ2v) is 5.46.